The molecule has 0 saturated carbocycles. The van der Waals surface area contributed by atoms with Crippen LogP contribution in [-0.4, -0.2) is 51.9 Å². The molecule has 0 bridgehead atoms. The zero-order chi connectivity index (χ0) is 19.2. The Balaban J connectivity index is 1.47. The van der Waals surface area contributed by atoms with E-state index in [1.807, 2.05) is 24.4 Å². The average molecular weight is 381 g/mol. The maximum Gasteiger partial charge on any atom is 0.244 e. The molecule has 1 saturated heterocycles. The summed E-state index contributed by atoms with van der Waals surface area (Å²) in [6, 6.07) is 7.83. The largest absolute Gasteiger partial charge is 0.475 e. The van der Waals surface area contributed by atoms with Crippen molar-refractivity contribution in [2.75, 3.05) is 26.9 Å². The lowest BCUT2D eigenvalue weighted by molar-refractivity contribution is 0.144. The molecule has 8 nitrogen and oxygen atoms in total. The second-order valence-corrected chi connectivity index (χ2v) is 6.67. The first-order valence-electron chi connectivity index (χ1n) is 9.38. The van der Waals surface area contributed by atoms with E-state index in [0.29, 0.717) is 30.8 Å². The van der Waals surface area contributed by atoms with Crippen LogP contribution in [0.5, 0.6) is 5.88 Å². The van der Waals surface area contributed by atoms with E-state index < -0.39 is 0 Å². The van der Waals surface area contributed by atoms with Crippen LogP contribution in [0, 0.1) is 0 Å². The standard InChI is InChI=1S/C20H23N5O3/c1-26-10-11-27-18-12-16(6-8-22-18)19-23-20(28-24-19)17-5-3-9-25(17)14-15-4-2-7-21-13-15/h2,4,6-8,12-13,17H,3,5,9-11,14H2,1H3/t17-/m1/s1. The monoisotopic (exact) mass is 381 g/mol. The van der Waals surface area contributed by atoms with Gasteiger partial charge in [-0.2, -0.15) is 4.98 Å². The number of nitrogens with zero attached hydrogens (tertiary/aromatic N) is 5. The number of rotatable bonds is 8. The summed E-state index contributed by atoms with van der Waals surface area (Å²) >= 11 is 0. The van der Waals surface area contributed by atoms with Crippen LogP contribution in [-0.2, 0) is 11.3 Å². The first kappa shape index (κ1) is 18.5. The predicted octanol–water partition coefficient (Wildman–Crippen LogP) is 2.89. The molecule has 1 fully saturated rings. The topological polar surface area (TPSA) is 86.4 Å². The van der Waals surface area contributed by atoms with E-state index >= 15 is 0 Å². The highest BCUT2D eigenvalue weighted by Gasteiger charge is 2.30. The molecule has 146 valence electrons. The zero-order valence-electron chi connectivity index (χ0n) is 15.8. The molecule has 0 aromatic carbocycles. The second kappa shape index (κ2) is 8.90. The molecule has 4 heterocycles. The quantitative estimate of drug-likeness (QED) is 0.551. The summed E-state index contributed by atoms with van der Waals surface area (Å²) in [6.45, 7) is 2.77. The van der Waals surface area contributed by atoms with Crippen LogP contribution in [0.3, 0.4) is 0 Å². The number of hydrogen-bond acceptors (Lipinski definition) is 8. The molecule has 1 aliphatic heterocycles. The first-order chi connectivity index (χ1) is 13.8. The van der Waals surface area contributed by atoms with Gasteiger partial charge in [0.2, 0.25) is 17.6 Å². The molecule has 3 aromatic rings. The maximum atomic E-state index is 5.61. The Morgan fingerprint density at radius 2 is 2.21 bits per heavy atom. The smallest absolute Gasteiger partial charge is 0.244 e. The minimum absolute atomic E-state index is 0.126. The van der Waals surface area contributed by atoms with Gasteiger partial charge in [-0.1, -0.05) is 11.2 Å². The molecule has 0 N–H and O–H groups in total. The number of ether oxygens (including phenoxy) is 2. The zero-order valence-corrected chi connectivity index (χ0v) is 15.8. The van der Waals surface area contributed by atoms with E-state index in [1.165, 1.54) is 5.56 Å². The van der Waals surface area contributed by atoms with Crippen molar-refractivity contribution >= 4 is 0 Å². The summed E-state index contributed by atoms with van der Waals surface area (Å²) in [4.78, 5) is 15.4. The van der Waals surface area contributed by atoms with E-state index in [4.69, 9.17) is 14.0 Å². The van der Waals surface area contributed by atoms with Gasteiger partial charge in [-0.15, -0.1) is 0 Å². The number of hydrogen-bond donors (Lipinski definition) is 0. The molecule has 0 unspecified atom stereocenters. The van der Waals surface area contributed by atoms with Crippen molar-refractivity contribution in [3.63, 3.8) is 0 Å². The third-order valence-electron chi connectivity index (χ3n) is 4.73. The third kappa shape index (κ3) is 4.35. The first-order valence-corrected chi connectivity index (χ1v) is 9.38. The van der Waals surface area contributed by atoms with Crippen molar-refractivity contribution in [2.24, 2.45) is 0 Å². The summed E-state index contributed by atoms with van der Waals surface area (Å²) in [7, 11) is 1.63. The van der Waals surface area contributed by atoms with Gasteiger partial charge < -0.3 is 14.0 Å². The van der Waals surface area contributed by atoms with Crippen LogP contribution in [0.15, 0.2) is 47.4 Å². The van der Waals surface area contributed by atoms with Crippen LogP contribution in [0.4, 0.5) is 0 Å². The van der Waals surface area contributed by atoms with E-state index in [1.54, 1.807) is 19.5 Å². The normalized spacial score (nSPS) is 17.1. The molecule has 4 rings (SSSR count). The van der Waals surface area contributed by atoms with Crippen molar-refractivity contribution in [1.29, 1.82) is 0 Å². The van der Waals surface area contributed by atoms with Gasteiger partial charge in [-0.25, -0.2) is 4.98 Å². The minimum atomic E-state index is 0.126. The Morgan fingerprint density at radius 1 is 1.25 bits per heavy atom. The van der Waals surface area contributed by atoms with Crippen LogP contribution < -0.4 is 4.74 Å². The van der Waals surface area contributed by atoms with E-state index in [9.17, 15) is 0 Å². The summed E-state index contributed by atoms with van der Waals surface area (Å²) in [5.74, 6) is 1.71. The lowest BCUT2D eigenvalue weighted by atomic mass is 10.2. The van der Waals surface area contributed by atoms with Crippen molar-refractivity contribution in [3.8, 4) is 17.3 Å². The van der Waals surface area contributed by atoms with Crippen LogP contribution >= 0.6 is 0 Å². The summed E-state index contributed by atoms with van der Waals surface area (Å²) in [5.41, 5.74) is 2.00. The highest BCUT2D eigenvalue weighted by Crippen LogP contribution is 2.33. The summed E-state index contributed by atoms with van der Waals surface area (Å²) in [5, 5.41) is 4.18. The predicted molar refractivity (Wildman–Crippen MR) is 102 cm³/mol. The molecule has 0 spiro atoms. The summed E-state index contributed by atoms with van der Waals surface area (Å²) < 4.78 is 16.2. The number of likely N-dealkylation sites (tertiary alicyclic amines) is 1. The van der Waals surface area contributed by atoms with Crippen molar-refractivity contribution in [1.82, 2.24) is 25.0 Å². The molecule has 1 atom stereocenters. The molecule has 1 aliphatic rings. The number of pyridine rings is 2. The SMILES string of the molecule is COCCOc1cc(-c2noc([C@H]3CCCN3Cc3cccnc3)n2)ccn1. The number of methoxy groups -OCH3 is 1. The molecule has 8 heteroatoms. The Hall–Kier alpha value is -2.84. The fraction of sp³-hybridized carbons (Fsp3) is 0.400. The number of aromatic nitrogens is 4. The van der Waals surface area contributed by atoms with Gasteiger partial charge in [0.25, 0.3) is 0 Å². The molecule has 0 amide bonds. The van der Waals surface area contributed by atoms with Crippen molar-refractivity contribution in [3.05, 3.63) is 54.3 Å². The molecular weight excluding hydrogens is 358 g/mol. The maximum absolute atomic E-state index is 5.61. The fourth-order valence-corrected chi connectivity index (χ4v) is 3.37. The minimum Gasteiger partial charge on any atom is -0.475 e. The van der Waals surface area contributed by atoms with E-state index in [0.717, 1.165) is 31.5 Å². The second-order valence-electron chi connectivity index (χ2n) is 6.67. The molecule has 0 radical (unpaired) electrons. The lowest BCUT2D eigenvalue weighted by Crippen LogP contribution is -2.23. The van der Waals surface area contributed by atoms with Crippen molar-refractivity contribution < 1.29 is 14.0 Å². The Kier molecular flexibility index (Phi) is 5.89. The van der Waals surface area contributed by atoms with Gasteiger partial charge >= 0.3 is 0 Å². The van der Waals surface area contributed by atoms with Gasteiger partial charge in [0.15, 0.2) is 0 Å². The van der Waals surface area contributed by atoms with Crippen LogP contribution in [0.25, 0.3) is 11.4 Å². The Morgan fingerprint density at radius 3 is 3.07 bits per heavy atom. The highest BCUT2D eigenvalue weighted by molar-refractivity contribution is 5.55. The van der Waals surface area contributed by atoms with Gasteiger partial charge in [-0.3, -0.25) is 9.88 Å². The Bertz CT molecular complexity index is 886. The van der Waals surface area contributed by atoms with Gasteiger partial charge in [0.05, 0.1) is 12.6 Å². The molecule has 28 heavy (non-hydrogen) atoms. The summed E-state index contributed by atoms with van der Waals surface area (Å²) in [6.07, 6.45) is 7.48. The van der Waals surface area contributed by atoms with Crippen LogP contribution in [0.2, 0.25) is 0 Å². The van der Waals surface area contributed by atoms with Gasteiger partial charge in [0, 0.05) is 43.9 Å². The third-order valence-corrected chi connectivity index (χ3v) is 4.73. The lowest BCUT2D eigenvalue weighted by Gasteiger charge is -2.21. The fourth-order valence-electron chi connectivity index (χ4n) is 3.37. The Labute approximate surface area is 163 Å². The van der Waals surface area contributed by atoms with Gasteiger partial charge in [0.1, 0.15) is 6.61 Å². The van der Waals surface area contributed by atoms with Gasteiger partial charge in [-0.05, 0) is 37.1 Å². The molecule has 3 aromatic heterocycles. The molecular formula is C20H23N5O3. The van der Waals surface area contributed by atoms with E-state index in [-0.39, 0.29) is 6.04 Å². The van der Waals surface area contributed by atoms with Crippen molar-refractivity contribution in [2.45, 2.75) is 25.4 Å². The highest BCUT2D eigenvalue weighted by atomic mass is 16.5. The van der Waals surface area contributed by atoms with E-state index in [2.05, 4.69) is 31.1 Å². The molecule has 0 aliphatic carbocycles. The average Bonchev–Trinajstić information content (AvgIpc) is 3.39. The van der Waals surface area contributed by atoms with Crippen LogP contribution in [0.1, 0.15) is 30.3 Å².